The predicted molar refractivity (Wildman–Crippen MR) is 111 cm³/mol. The van der Waals surface area contributed by atoms with E-state index in [2.05, 4.69) is 20.2 Å². The summed E-state index contributed by atoms with van der Waals surface area (Å²) in [6.45, 7) is 3.36. The number of halogens is 1. The first kappa shape index (κ1) is 19.7. The third-order valence-electron chi connectivity index (χ3n) is 4.67. The van der Waals surface area contributed by atoms with Crippen molar-refractivity contribution in [2.75, 3.05) is 13.2 Å². The Labute approximate surface area is 170 Å². The summed E-state index contributed by atoms with van der Waals surface area (Å²) in [6, 6.07) is 11.0. The molecule has 30 heavy (non-hydrogen) atoms. The fourth-order valence-corrected chi connectivity index (χ4v) is 3.24. The zero-order valence-electron chi connectivity index (χ0n) is 16.3. The van der Waals surface area contributed by atoms with Crippen molar-refractivity contribution in [2.45, 2.75) is 19.9 Å². The van der Waals surface area contributed by atoms with Gasteiger partial charge in [0.2, 0.25) is 5.88 Å². The number of ether oxygens (including phenoxy) is 1. The van der Waals surface area contributed by atoms with Crippen LogP contribution < -0.4 is 5.56 Å². The van der Waals surface area contributed by atoms with Gasteiger partial charge in [-0.25, -0.2) is 9.37 Å². The molecule has 0 bridgehead atoms. The SMILES string of the molecule is CCOCCCn1c(N=Nc2c(O)[nH]c3cc(F)ccc23)nc2ccccc2c1=O. The molecule has 0 spiro atoms. The third kappa shape index (κ3) is 3.79. The van der Waals surface area contributed by atoms with E-state index < -0.39 is 5.82 Å². The van der Waals surface area contributed by atoms with E-state index in [9.17, 15) is 14.3 Å². The Morgan fingerprint density at radius 2 is 2.03 bits per heavy atom. The van der Waals surface area contributed by atoms with Crippen molar-refractivity contribution in [2.24, 2.45) is 10.2 Å². The van der Waals surface area contributed by atoms with E-state index in [1.165, 1.54) is 22.8 Å². The van der Waals surface area contributed by atoms with Crippen molar-refractivity contribution >= 4 is 33.4 Å². The maximum atomic E-state index is 13.4. The van der Waals surface area contributed by atoms with Crippen molar-refractivity contribution in [1.29, 1.82) is 0 Å². The van der Waals surface area contributed by atoms with E-state index in [0.717, 1.165) is 0 Å². The molecule has 4 rings (SSSR count). The van der Waals surface area contributed by atoms with E-state index in [4.69, 9.17) is 4.74 Å². The normalized spacial score (nSPS) is 11.8. The quantitative estimate of drug-likeness (QED) is 0.345. The Balaban J connectivity index is 1.77. The molecule has 0 atom stereocenters. The number of hydrogen-bond donors (Lipinski definition) is 2. The average Bonchev–Trinajstić information content (AvgIpc) is 3.05. The second-order valence-electron chi connectivity index (χ2n) is 6.65. The predicted octanol–water partition coefficient (Wildman–Crippen LogP) is 4.56. The summed E-state index contributed by atoms with van der Waals surface area (Å²) in [5, 5.41) is 19.4. The molecule has 2 aromatic carbocycles. The number of rotatable bonds is 7. The van der Waals surface area contributed by atoms with Gasteiger partial charge in [-0.3, -0.25) is 9.36 Å². The first-order valence-corrected chi connectivity index (χ1v) is 9.57. The number of H-pyrrole nitrogens is 1. The molecule has 0 saturated carbocycles. The summed E-state index contributed by atoms with van der Waals surface area (Å²) in [4.78, 5) is 20.1. The zero-order valence-corrected chi connectivity index (χ0v) is 16.3. The van der Waals surface area contributed by atoms with Gasteiger partial charge in [0.05, 0.1) is 16.4 Å². The second kappa shape index (κ2) is 8.42. The smallest absolute Gasteiger partial charge is 0.262 e. The van der Waals surface area contributed by atoms with Crippen LogP contribution in [0.15, 0.2) is 57.5 Å². The number of nitrogens with one attached hydrogen (secondary N) is 1. The molecule has 2 aromatic heterocycles. The highest BCUT2D eigenvalue weighted by Gasteiger charge is 2.13. The van der Waals surface area contributed by atoms with Crippen LogP contribution in [-0.4, -0.2) is 32.9 Å². The number of benzene rings is 2. The lowest BCUT2D eigenvalue weighted by molar-refractivity contribution is 0.141. The highest BCUT2D eigenvalue weighted by molar-refractivity contribution is 5.94. The number of aromatic amines is 1. The summed E-state index contributed by atoms with van der Waals surface area (Å²) in [5.74, 6) is -0.567. The van der Waals surface area contributed by atoms with Gasteiger partial charge in [0, 0.05) is 25.1 Å². The van der Waals surface area contributed by atoms with E-state index >= 15 is 0 Å². The van der Waals surface area contributed by atoms with Crippen molar-refractivity contribution in [3.8, 4) is 5.88 Å². The van der Waals surface area contributed by atoms with Gasteiger partial charge in [-0.2, -0.15) is 0 Å². The number of hydrogen-bond acceptors (Lipinski definition) is 6. The lowest BCUT2D eigenvalue weighted by Crippen LogP contribution is -2.22. The highest BCUT2D eigenvalue weighted by Crippen LogP contribution is 2.36. The molecule has 0 unspecified atom stereocenters. The van der Waals surface area contributed by atoms with Crippen LogP contribution in [-0.2, 0) is 11.3 Å². The summed E-state index contributed by atoms with van der Waals surface area (Å²) < 4.78 is 20.2. The number of fused-ring (bicyclic) bond motifs is 2. The van der Waals surface area contributed by atoms with Gasteiger partial charge in [-0.15, -0.1) is 10.2 Å². The van der Waals surface area contributed by atoms with Crippen molar-refractivity contribution in [1.82, 2.24) is 14.5 Å². The minimum Gasteiger partial charge on any atom is -0.493 e. The van der Waals surface area contributed by atoms with E-state index in [-0.39, 0.29) is 23.1 Å². The van der Waals surface area contributed by atoms with Gasteiger partial charge < -0.3 is 14.8 Å². The topological polar surface area (TPSA) is 105 Å². The summed E-state index contributed by atoms with van der Waals surface area (Å²) in [7, 11) is 0. The summed E-state index contributed by atoms with van der Waals surface area (Å²) in [5.41, 5.74) is 0.814. The van der Waals surface area contributed by atoms with Crippen LogP contribution in [0.3, 0.4) is 0 Å². The maximum absolute atomic E-state index is 13.4. The number of aromatic hydroxyl groups is 1. The van der Waals surface area contributed by atoms with Crippen LogP contribution in [0.2, 0.25) is 0 Å². The Bertz CT molecular complexity index is 1300. The van der Waals surface area contributed by atoms with Crippen LogP contribution in [0, 0.1) is 5.82 Å². The van der Waals surface area contributed by atoms with Gasteiger partial charge in [-0.1, -0.05) is 12.1 Å². The zero-order chi connectivity index (χ0) is 21.1. The molecule has 0 amide bonds. The van der Waals surface area contributed by atoms with Gasteiger partial charge >= 0.3 is 0 Å². The summed E-state index contributed by atoms with van der Waals surface area (Å²) >= 11 is 0. The Hall–Kier alpha value is -3.59. The van der Waals surface area contributed by atoms with Gasteiger partial charge in [-0.05, 0) is 43.7 Å². The summed E-state index contributed by atoms with van der Waals surface area (Å²) in [6.07, 6.45) is 0.605. The molecule has 0 radical (unpaired) electrons. The third-order valence-corrected chi connectivity index (χ3v) is 4.67. The molecular weight excluding hydrogens is 389 g/mol. The standard InChI is InChI=1S/C21H20FN5O3/c1-2-30-11-5-10-27-20(29)15-6-3-4-7-16(15)24-21(27)26-25-18-14-9-8-13(22)12-17(14)23-19(18)28/h3-4,6-9,12,23,28H,2,5,10-11H2,1H3. The van der Waals surface area contributed by atoms with E-state index in [0.29, 0.717) is 48.0 Å². The number of azo groups is 1. The average molecular weight is 409 g/mol. The largest absolute Gasteiger partial charge is 0.493 e. The molecule has 0 aliphatic carbocycles. The van der Waals surface area contributed by atoms with E-state index in [1.807, 2.05) is 6.92 Å². The molecule has 4 aromatic rings. The van der Waals surface area contributed by atoms with Crippen molar-refractivity contribution in [3.05, 3.63) is 58.6 Å². The van der Waals surface area contributed by atoms with Crippen molar-refractivity contribution < 1.29 is 14.2 Å². The van der Waals surface area contributed by atoms with Gasteiger partial charge in [0.1, 0.15) is 5.82 Å². The first-order chi connectivity index (χ1) is 14.6. The van der Waals surface area contributed by atoms with E-state index in [1.54, 1.807) is 24.3 Å². The fourth-order valence-electron chi connectivity index (χ4n) is 3.24. The van der Waals surface area contributed by atoms with Crippen LogP contribution in [0.4, 0.5) is 16.0 Å². The lowest BCUT2D eigenvalue weighted by atomic mass is 10.2. The van der Waals surface area contributed by atoms with Crippen LogP contribution in [0.1, 0.15) is 13.3 Å². The molecule has 2 N–H and O–H groups in total. The maximum Gasteiger partial charge on any atom is 0.262 e. The molecule has 0 aliphatic rings. The van der Waals surface area contributed by atoms with Gasteiger partial charge in [0.15, 0.2) is 5.69 Å². The molecule has 8 nitrogen and oxygen atoms in total. The molecule has 9 heteroatoms. The Morgan fingerprint density at radius 1 is 1.20 bits per heavy atom. The molecule has 0 saturated heterocycles. The monoisotopic (exact) mass is 409 g/mol. The van der Waals surface area contributed by atoms with Crippen LogP contribution >= 0.6 is 0 Å². The number of aromatic nitrogens is 3. The number of nitrogens with zero attached hydrogens (tertiary/aromatic N) is 4. The minimum absolute atomic E-state index is 0.117. The molecule has 2 heterocycles. The Kier molecular flexibility index (Phi) is 5.53. The first-order valence-electron chi connectivity index (χ1n) is 9.57. The molecule has 0 aliphatic heterocycles. The Morgan fingerprint density at radius 3 is 2.87 bits per heavy atom. The minimum atomic E-state index is -0.438. The number of para-hydroxylation sites is 1. The lowest BCUT2D eigenvalue weighted by Gasteiger charge is -2.10. The fraction of sp³-hybridized carbons (Fsp3) is 0.238. The van der Waals surface area contributed by atoms with Crippen LogP contribution in [0.25, 0.3) is 21.8 Å². The molecule has 0 fully saturated rings. The highest BCUT2D eigenvalue weighted by atomic mass is 19.1. The van der Waals surface area contributed by atoms with Crippen molar-refractivity contribution in [3.63, 3.8) is 0 Å². The molecule has 154 valence electrons. The second-order valence-corrected chi connectivity index (χ2v) is 6.65. The van der Waals surface area contributed by atoms with Gasteiger partial charge in [0.25, 0.3) is 11.5 Å². The molecular formula is C21H20FN5O3. The van der Waals surface area contributed by atoms with Crippen LogP contribution in [0.5, 0.6) is 5.88 Å².